The first-order valence-corrected chi connectivity index (χ1v) is 8.49. The molecule has 1 fully saturated rings. The maximum absolute atomic E-state index is 13.5. The molecule has 1 saturated heterocycles. The normalized spacial score (nSPS) is 16.0. The second-order valence-electron chi connectivity index (χ2n) is 6.33. The number of nitrogens with zero attached hydrogens (tertiary/aromatic N) is 2. The van der Waals surface area contributed by atoms with Gasteiger partial charge in [-0.3, -0.25) is 14.6 Å². The lowest BCUT2D eigenvalue weighted by Gasteiger charge is -2.41. The van der Waals surface area contributed by atoms with Gasteiger partial charge in [-0.25, -0.2) is 4.39 Å². The van der Waals surface area contributed by atoms with E-state index in [0.717, 1.165) is 0 Å². The molecule has 0 saturated carbocycles. The molecule has 0 unspecified atom stereocenters. The summed E-state index contributed by atoms with van der Waals surface area (Å²) in [6, 6.07) is 9.47. The predicted molar refractivity (Wildman–Crippen MR) is 96.2 cm³/mol. The summed E-state index contributed by atoms with van der Waals surface area (Å²) >= 11 is 0. The fourth-order valence-electron chi connectivity index (χ4n) is 3.25. The Labute approximate surface area is 151 Å². The first-order valence-electron chi connectivity index (χ1n) is 8.49. The minimum Gasteiger partial charge on any atom is -0.371 e. The van der Waals surface area contributed by atoms with E-state index >= 15 is 0 Å². The summed E-state index contributed by atoms with van der Waals surface area (Å²) < 4.78 is 13.5. The summed E-state index contributed by atoms with van der Waals surface area (Å²) in [5, 5.41) is 5.86. The van der Waals surface area contributed by atoms with E-state index in [1.165, 1.54) is 18.3 Å². The van der Waals surface area contributed by atoms with Gasteiger partial charge >= 0.3 is 0 Å². The van der Waals surface area contributed by atoms with Crippen LogP contribution >= 0.6 is 0 Å². The van der Waals surface area contributed by atoms with Gasteiger partial charge < -0.3 is 15.5 Å². The first kappa shape index (κ1) is 17.8. The number of carbonyl (C=O) groups is 2. The number of aromatic nitrogens is 1. The molecular weight excluding hydrogens is 335 g/mol. The van der Waals surface area contributed by atoms with Crippen molar-refractivity contribution in [2.45, 2.75) is 18.4 Å². The third-order valence-corrected chi connectivity index (χ3v) is 4.68. The van der Waals surface area contributed by atoms with Crippen LogP contribution in [0.2, 0.25) is 0 Å². The zero-order valence-electron chi connectivity index (χ0n) is 14.5. The van der Waals surface area contributed by atoms with E-state index in [0.29, 0.717) is 37.2 Å². The van der Waals surface area contributed by atoms with Gasteiger partial charge in [-0.05, 0) is 43.2 Å². The number of nitrogens with one attached hydrogen (secondary N) is 2. The van der Waals surface area contributed by atoms with Crippen LogP contribution in [-0.2, 0) is 4.79 Å². The number of halogens is 1. The van der Waals surface area contributed by atoms with Gasteiger partial charge in [-0.1, -0.05) is 6.07 Å². The molecule has 0 radical (unpaired) electrons. The van der Waals surface area contributed by atoms with Gasteiger partial charge in [0.05, 0.1) is 5.56 Å². The molecule has 1 aromatic heterocycles. The van der Waals surface area contributed by atoms with Crippen LogP contribution in [0, 0.1) is 5.82 Å². The topological polar surface area (TPSA) is 74.3 Å². The van der Waals surface area contributed by atoms with Crippen molar-refractivity contribution in [3.8, 4) is 0 Å². The summed E-state index contributed by atoms with van der Waals surface area (Å²) in [6.45, 7) is 0.840. The number of benzene rings is 1. The molecule has 2 aromatic rings. The third kappa shape index (κ3) is 3.66. The summed E-state index contributed by atoms with van der Waals surface area (Å²) in [7, 11) is 1.57. The number of amides is 2. The molecule has 136 valence electrons. The summed E-state index contributed by atoms with van der Waals surface area (Å²) in [5.41, 5.74) is 0.188. The number of likely N-dealkylation sites (tertiary alicyclic amines) is 1. The largest absolute Gasteiger partial charge is 0.371 e. The van der Waals surface area contributed by atoms with Gasteiger partial charge in [0.25, 0.3) is 5.91 Å². The molecule has 0 aliphatic carbocycles. The average Bonchev–Trinajstić information content (AvgIpc) is 2.68. The highest BCUT2D eigenvalue weighted by Gasteiger charge is 2.42. The fraction of sp³-hybridized carbons (Fsp3) is 0.316. The quantitative estimate of drug-likeness (QED) is 0.879. The molecule has 2 N–H and O–H groups in total. The van der Waals surface area contributed by atoms with Crippen LogP contribution in [0.15, 0.2) is 48.8 Å². The number of likely N-dealkylation sites (N-methyl/N-ethyl adjacent to an activating group) is 1. The van der Waals surface area contributed by atoms with E-state index in [2.05, 4.69) is 15.6 Å². The number of carbonyl (C=O) groups excluding carboxylic acids is 2. The van der Waals surface area contributed by atoms with Crippen molar-refractivity contribution in [1.82, 2.24) is 15.2 Å². The van der Waals surface area contributed by atoms with E-state index < -0.39 is 5.54 Å². The fourth-order valence-corrected chi connectivity index (χ4v) is 3.25. The molecule has 1 aliphatic heterocycles. The SMILES string of the molecule is CNC(=O)C1(Nc2cccc(F)c2)CCN(C(=O)c2cccnc2)CC1. The molecule has 0 atom stereocenters. The van der Waals surface area contributed by atoms with Crippen molar-refractivity contribution in [2.75, 3.05) is 25.5 Å². The standard InChI is InChI=1S/C19H21FN4O2/c1-21-18(26)19(23-16-6-2-5-15(20)12-16)7-10-24(11-8-19)17(25)14-4-3-9-22-13-14/h2-6,9,12-13,23H,7-8,10-11H2,1H3,(H,21,26). The molecule has 3 rings (SSSR count). The molecule has 7 heteroatoms. The van der Waals surface area contributed by atoms with E-state index in [1.54, 1.807) is 42.4 Å². The van der Waals surface area contributed by atoms with Crippen molar-refractivity contribution in [1.29, 1.82) is 0 Å². The molecule has 2 amide bonds. The van der Waals surface area contributed by atoms with E-state index in [1.807, 2.05) is 0 Å². The van der Waals surface area contributed by atoms with E-state index in [4.69, 9.17) is 0 Å². The Morgan fingerprint density at radius 1 is 1.19 bits per heavy atom. The summed E-state index contributed by atoms with van der Waals surface area (Å²) in [4.78, 5) is 30.8. The van der Waals surface area contributed by atoms with Gasteiger partial charge in [-0.15, -0.1) is 0 Å². The van der Waals surface area contributed by atoms with Crippen LogP contribution in [0.25, 0.3) is 0 Å². The minimum atomic E-state index is -0.881. The van der Waals surface area contributed by atoms with Crippen LogP contribution in [0.1, 0.15) is 23.2 Å². The van der Waals surface area contributed by atoms with Crippen LogP contribution in [0.4, 0.5) is 10.1 Å². The Hall–Kier alpha value is -2.96. The molecule has 0 spiro atoms. The lowest BCUT2D eigenvalue weighted by Crippen LogP contribution is -2.58. The molecular formula is C19H21FN4O2. The van der Waals surface area contributed by atoms with Gasteiger partial charge in [0.15, 0.2) is 0 Å². The number of anilines is 1. The average molecular weight is 356 g/mol. The van der Waals surface area contributed by atoms with Gasteiger partial charge in [0.2, 0.25) is 5.91 Å². The maximum Gasteiger partial charge on any atom is 0.255 e. The predicted octanol–water partition coefficient (Wildman–Crippen LogP) is 2.05. The van der Waals surface area contributed by atoms with Crippen LogP contribution < -0.4 is 10.6 Å². The Kier molecular flexibility index (Phi) is 5.16. The van der Waals surface area contributed by atoms with Crippen LogP contribution in [0.5, 0.6) is 0 Å². The highest BCUT2D eigenvalue weighted by molar-refractivity contribution is 5.95. The molecule has 1 aliphatic rings. The van der Waals surface area contributed by atoms with Crippen molar-refractivity contribution in [2.24, 2.45) is 0 Å². The number of hydrogen-bond donors (Lipinski definition) is 2. The first-order chi connectivity index (χ1) is 12.5. The number of hydrogen-bond acceptors (Lipinski definition) is 4. The second kappa shape index (κ2) is 7.51. The maximum atomic E-state index is 13.5. The second-order valence-corrected chi connectivity index (χ2v) is 6.33. The van der Waals surface area contributed by atoms with Crippen molar-refractivity contribution < 1.29 is 14.0 Å². The zero-order valence-corrected chi connectivity index (χ0v) is 14.5. The smallest absolute Gasteiger partial charge is 0.255 e. The van der Waals surface area contributed by atoms with Crippen molar-refractivity contribution in [3.63, 3.8) is 0 Å². The van der Waals surface area contributed by atoms with Gasteiger partial charge in [0.1, 0.15) is 11.4 Å². The minimum absolute atomic E-state index is 0.102. The molecule has 0 bridgehead atoms. The lowest BCUT2D eigenvalue weighted by molar-refractivity contribution is -0.126. The molecule has 1 aromatic carbocycles. The Balaban J connectivity index is 1.75. The lowest BCUT2D eigenvalue weighted by atomic mass is 9.85. The Morgan fingerprint density at radius 2 is 1.96 bits per heavy atom. The van der Waals surface area contributed by atoms with E-state index in [-0.39, 0.29) is 17.6 Å². The van der Waals surface area contributed by atoms with Crippen molar-refractivity contribution >= 4 is 17.5 Å². The zero-order chi connectivity index (χ0) is 18.6. The number of pyridine rings is 1. The highest BCUT2D eigenvalue weighted by Crippen LogP contribution is 2.28. The van der Waals surface area contributed by atoms with Crippen LogP contribution in [0.3, 0.4) is 0 Å². The van der Waals surface area contributed by atoms with Crippen LogP contribution in [-0.4, -0.2) is 47.4 Å². The van der Waals surface area contributed by atoms with Gasteiger partial charge in [0, 0.05) is 38.2 Å². The number of rotatable bonds is 4. The monoisotopic (exact) mass is 356 g/mol. The number of piperidine rings is 1. The van der Waals surface area contributed by atoms with Gasteiger partial charge in [-0.2, -0.15) is 0 Å². The highest BCUT2D eigenvalue weighted by atomic mass is 19.1. The Bertz CT molecular complexity index is 789. The molecule has 2 heterocycles. The van der Waals surface area contributed by atoms with Crippen molar-refractivity contribution in [3.05, 3.63) is 60.2 Å². The summed E-state index contributed by atoms with van der Waals surface area (Å²) in [5.74, 6) is -0.643. The third-order valence-electron chi connectivity index (χ3n) is 4.68. The van der Waals surface area contributed by atoms with E-state index in [9.17, 15) is 14.0 Å². The summed E-state index contributed by atoms with van der Waals surface area (Å²) in [6.07, 6.45) is 4.00. The molecule has 26 heavy (non-hydrogen) atoms. The molecule has 6 nitrogen and oxygen atoms in total. The Morgan fingerprint density at radius 3 is 2.58 bits per heavy atom.